The first kappa shape index (κ1) is 17.8. The highest BCUT2D eigenvalue weighted by Crippen LogP contribution is 2.30. The second-order valence-corrected chi connectivity index (χ2v) is 6.38. The minimum Gasteiger partial charge on any atom is -0.493 e. The van der Waals surface area contributed by atoms with Crippen LogP contribution in [-0.4, -0.2) is 20.8 Å². The summed E-state index contributed by atoms with van der Waals surface area (Å²) in [7, 11) is 3.36. The highest BCUT2D eigenvalue weighted by Gasteiger charge is 2.17. The Morgan fingerprint density at radius 1 is 1.10 bits per heavy atom. The van der Waals surface area contributed by atoms with Crippen molar-refractivity contribution in [1.29, 1.82) is 0 Å². The highest BCUT2D eigenvalue weighted by atomic mass is 16.5. The van der Waals surface area contributed by atoms with Gasteiger partial charge in [0.15, 0.2) is 11.5 Å². The number of methoxy groups -OCH3 is 2. The second kappa shape index (κ2) is 8.93. The van der Waals surface area contributed by atoms with E-state index in [1.54, 1.807) is 14.2 Å². The average Bonchev–Trinajstić information content (AvgIpc) is 2.46. The Hall–Kier alpha value is -1.22. The Morgan fingerprint density at radius 2 is 1.86 bits per heavy atom. The molecule has 3 heteroatoms. The monoisotopic (exact) mass is 293 g/mol. The SMILES string of the molecule is CCCCCC(C)(C)CNCc1cccc(OC)c1OC. The normalized spacial score (nSPS) is 11.5. The third-order valence-corrected chi connectivity index (χ3v) is 3.86. The highest BCUT2D eigenvalue weighted by molar-refractivity contribution is 5.46. The van der Waals surface area contributed by atoms with Crippen LogP contribution in [0.2, 0.25) is 0 Å². The van der Waals surface area contributed by atoms with Crippen molar-refractivity contribution in [1.82, 2.24) is 5.32 Å². The quantitative estimate of drug-likeness (QED) is 0.649. The van der Waals surface area contributed by atoms with Gasteiger partial charge in [0.05, 0.1) is 14.2 Å². The van der Waals surface area contributed by atoms with Gasteiger partial charge < -0.3 is 14.8 Å². The van der Waals surface area contributed by atoms with Gasteiger partial charge in [0.2, 0.25) is 0 Å². The topological polar surface area (TPSA) is 30.5 Å². The smallest absolute Gasteiger partial charge is 0.165 e. The molecule has 1 rings (SSSR count). The molecule has 1 N–H and O–H groups in total. The number of benzene rings is 1. The van der Waals surface area contributed by atoms with Crippen LogP contribution in [0.1, 0.15) is 52.0 Å². The third kappa shape index (κ3) is 5.96. The van der Waals surface area contributed by atoms with E-state index in [0.29, 0.717) is 5.41 Å². The maximum Gasteiger partial charge on any atom is 0.165 e. The van der Waals surface area contributed by atoms with Crippen molar-refractivity contribution in [2.75, 3.05) is 20.8 Å². The zero-order chi connectivity index (χ0) is 15.7. The molecule has 3 nitrogen and oxygen atoms in total. The molecule has 1 aromatic rings. The van der Waals surface area contributed by atoms with E-state index in [1.807, 2.05) is 12.1 Å². The molecule has 0 saturated heterocycles. The molecule has 0 aliphatic heterocycles. The van der Waals surface area contributed by atoms with Gasteiger partial charge in [-0.2, -0.15) is 0 Å². The number of hydrogen-bond acceptors (Lipinski definition) is 3. The summed E-state index contributed by atoms with van der Waals surface area (Å²) >= 11 is 0. The van der Waals surface area contributed by atoms with Gasteiger partial charge in [0.1, 0.15) is 0 Å². The minimum atomic E-state index is 0.335. The maximum absolute atomic E-state index is 5.46. The van der Waals surface area contributed by atoms with E-state index < -0.39 is 0 Å². The predicted molar refractivity (Wildman–Crippen MR) is 89.2 cm³/mol. The molecule has 0 fully saturated rings. The van der Waals surface area contributed by atoms with Crippen molar-refractivity contribution in [2.24, 2.45) is 5.41 Å². The Morgan fingerprint density at radius 3 is 2.48 bits per heavy atom. The molecule has 0 saturated carbocycles. The van der Waals surface area contributed by atoms with Crippen LogP contribution in [0.4, 0.5) is 0 Å². The van der Waals surface area contributed by atoms with Crippen molar-refractivity contribution in [3.8, 4) is 11.5 Å². The van der Waals surface area contributed by atoms with Crippen molar-refractivity contribution in [3.05, 3.63) is 23.8 Å². The summed E-state index contributed by atoms with van der Waals surface area (Å²) in [6.45, 7) is 8.73. The number of hydrogen-bond donors (Lipinski definition) is 1. The molecule has 0 atom stereocenters. The molecular formula is C18H31NO2. The Kier molecular flexibility index (Phi) is 7.58. The van der Waals surface area contributed by atoms with Crippen molar-refractivity contribution in [2.45, 2.75) is 53.0 Å². The van der Waals surface area contributed by atoms with Gasteiger partial charge in [-0.15, -0.1) is 0 Å². The molecule has 0 unspecified atom stereocenters. The fourth-order valence-electron chi connectivity index (χ4n) is 2.57. The van der Waals surface area contributed by atoms with E-state index in [1.165, 1.54) is 25.7 Å². The second-order valence-electron chi connectivity index (χ2n) is 6.38. The van der Waals surface area contributed by atoms with Gasteiger partial charge in [-0.25, -0.2) is 0 Å². The molecule has 0 aliphatic rings. The summed E-state index contributed by atoms with van der Waals surface area (Å²) in [5, 5.41) is 3.56. The maximum atomic E-state index is 5.46. The largest absolute Gasteiger partial charge is 0.493 e. The van der Waals surface area contributed by atoms with Crippen LogP contribution in [0.15, 0.2) is 18.2 Å². The first-order valence-electron chi connectivity index (χ1n) is 7.94. The molecule has 0 bridgehead atoms. The summed E-state index contributed by atoms with van der Waals surface area (Å²) in [5.74, 6) is 1.62. The zero-order valence-electron chi connectivity index (χ0n) is 14.3. The van der Waals surface area contributed by atoms with Crippen LogP contribution in [0.5, 0.6) is 11.5 Å². The van der Waals surface area contributed by atoms with Gasteiger partial charge in [0.25, 0.3) is 0 Å². The molecule has 0 amide bonds. The molecular weight excluding hydrogens is 262 g/mol. The number of rotatable bonds is 10. The fourth-order valence-corrected chi connectivity index (χ4v) is 2.57. The van der Waals surface area contributed by atoms with E-state index in [2.05, 4.69) is 32.2 Å². The van der Waals surface area contributed by atoms with E-state index in [4.69, 9.17) is 9.47 Å². The lowest BCUT2D eigenvalue weighted by Gasteiger charge is -2.25. The number of para-hydroxylation sites is 1. The Balaban J connectivity index is 2.52. The lowest BCUT2D eigenvalue weighted by Crippen LogP contribution is -2.29. The first-order valence-corrected chi connectivity index (χ1v) is 7.94. The van der Waals surface area contributed by atoms with E-state index in [0.717, 1.165) is 30.2 Å². The van der Waals surface area contributed by atoms with Crippen molar-refractivity contribution >= 4 is 0 Å². The fraction of sp³-hybridized carbons (Fsp3) is 0.667. The molecule has 0 radical (unpaired) electrons. The van der Waals surface area contributed by atoms with Crippen LogP contribution in [0.3, 0.4) is 0 Å². The standard InChI is InChI=1S/C18H31NO2/c1-6-7-8-12-18(2,3)14-19-13-15-10-9-11-16(20-4)17(15)21-5/h9-11,19H,6-8,12-14H2,1-5H3. The zero-order valence-corrected chi connectivity index (χ0v) is 14.3. The average molecular weight is 293 g/mol. The van der Waals surface area contributed by atoms with Crippen LogP contribution >= 0.6 is 0 Å². The van der Waals surface area contributed by atoms with Gasteiger partial charge >= 0.3 is 0 Å². The lowest BCUT2D eigenvalue weighted by atomic mass is 9.87. The molecule has 21 heavy (non-hydrogen) atoms. The molecule has 1 aromatic carbocycles. The number of nitrogens with one attached hydrogen (secondary N) is 1. The lowest BCUT2D eigenvalue weighted by molar-refractivity contribution is 0.300. The van der Waals surface area contributed by atoms with Gasteiger partial charge in [-0.3, -0.25) is 0 Å². The number of ether oxygens (including phenoxy) is 2. The van der Waals surface area contributed by atoms with Gasteiger partial charge in [-0.1, -0.05) is 52.2 Å². The Bertz CT molecular complexity index is 416. The van der Waals surface area contributed by atoms with Crippen molar-refractivity contribution < 1.29 is 9.47 Å². The van der Waals surface area contributed by atoms with Crippen LogP contribution in [-0.2, 0) is 6.54 Å². The molecule has 0 aromatic heterocycles. The van der Waals surface area contributed by atoms with E-state index in [9.17, 15) is 0 Å². The third-order valence-electron chi connectivity index (χ3n) is 3.86. The molecule has 0 aliphatic carbocycles. The predicted octanol–water partition coefficient (Wildman–Crippen LogP) is 4.40. The van der Waals surface area contributed by atoms with Crippen LogP contribution in [0, 0.1) is 5.41 Å². The summed E-state index contributed by atoms with van der Waals surface area (Å²) in [4.78, 5) is 0. The van der Waals surface area contributed by atoms with Crippen LogP contribution < -0.4 is 14.8 Å². The first-order chi connectivity index (χ1) is 10.0. The molecule has 0 heterocycles. The van der Waals surface area contributed by atoms with Crippen LogP contribution in [0.25, 0.3) is 0 Å². The summed E-state index contributed by atoms with van der Waals surface area (Å²) in [6.07, 6.45) is 5.19. The summed E-state index contributed by atoms with van der Waals surface area (Å²) in [6, 6.07) is 6.01. The Labute approximate surface area is 130 Å². The summed E-state index contributed by atoms with van der Waals surface area (Å²) < 4.78 is 10.8. The van der Waals surface area contributed by atoms with E-state index in [-0.39, 0.29) is 0 Å². The minimum absolute atomic E-state index is 0.335. The van der Waals surface area contributed by atoms with Gasteiger partial charge in [0, 0.05) is 18.7 Å². The van der Waals surface area contributed by atoms with Crippen molar-refractivity contribution in [3.63, 3.8) is 0 Å². The molecule has 0 spiro atoms. The summed E-state index contributed by atoms with van der Waals surface area (Å²) in [5.41, 5.74) is 1.47. The molecule has 120 valence electrons. The number of unbranched alkanes of at least 4 members (excludes halogenated alkanes) is 2. The van der Waals surface area contributed by atoms with E-state index >= 15 is 0 Å². The van der Waals surface area contributed by atoms with Gasteiger partial charge in [-0.05, 0) is 17.9 Å².